The molecule has 1 saturated carbocycles. The van der Waals surface area contributed by atoms with E-state index in [-0.39, 0.29) is 30.7 Å². The van der Waals surface area contributed by atoms with Crippen molar-refractivity contribution in [2.24, 2.45) is 0 Å². The Bertz CT molecular complexity index is 573. The summed E-state index contributed by atoms with van der Waals surface area (Å²) < 4.78 is 0. The highest BCUT2D eigenvalue weighted by Gasteiger charge is 2.25. The molecule has 1 aliphatic carbocycles. The van der Waals surface area contributed by atoms with Crippen molar-refractivity contribution in [3.05, 3.63) is 29.8 Å². The van der Waals surface area contributed by atoms with Crippen LogP contribution in [0.15, 0.2) is 24.3 Å². The highest BCUT2D eigenvalue weighted by Crippen LogP contribution is 2.22. The lowest BCUT2D eigenvalue weighted by molar-refractivity contribution is -0.134. The second kappa shape index (κ2) is 11.7. The molecule has 0 unspecified atom stereocenters. The molecule has 5 nitrogen and oxygen atoms in total. The van der Waals surface area contributed by atoms with Gasteiger partial charge in [-0.3, -0.25) is 14.6 Å². The van der Waals surface area contributed by atoms with Crippen LogP contribution in [-0.4, -0.2) is 66.4 Å². The molecule has 2 fully saturated rings. The first-order chi connectivity index (χ1) is 12.1. The van der Waals surface area contributed by atoms with E-state index in [1.807, 2.05) is 24.1 Å². The maximum absolute atomic E-state index is 12.6. The SMILES string of the molecule is CN(C(=O)CN1CCN(Cc2cccc(N)c2)CC1)C1CCCCC1.Cl.Cl. The lowest BCUT2D eigenvalue weighted by atomic mass is 9.94. The normalized spacial score (nSPS) is 19.0. The molecule has 0 bridgehead atoms. The molecule has 0 spiro atoms. The topological polar surface area (TPSA) is 52.8 Å². The van der Waals surface area contributed by atoms with Crippen LogP contribution in [0, 0.1) is 0 Å². The third-order valence-electron chi connectivity index (χ3n) is 5.70. The predicted octanol–water partition coefficient (Wildman–Crippen LogP) is 3.02. The molecule has 1 heterocycles. The van der Waals surface area contributed by atoms with Crippen LogP contribution in [-0.2, 0) is 11.3 Å². The van der Waals surface area contributed by atoms with Gasteiger partial charge in [0.2, 0.25) is 5.91 Å². The lowest BCUT2D eigenvalue weighted by Gasteiger charge is -2.37. The number of hydrogen-bond acceptors (Lipinski definition) is 4. The van der Waals surface area contributed by atoms with Crippen molar-refractivity contribution >= 4 is 36.4 Å². The van der Waals surface area contributed by atoms with Crippen molar-refractivity contribution in [3.63, 3.8) is 0 Å². The van der Waals surface area contributed by atoms with Gasteiger partial charge in [0.25, 0.3) is 0 Å². The van der Waals surface area contributed by atoms with Gasteiger partial charge in [-0.25, -0.2) is 0 Å². The van der Waals surface area contributed by atoms with Crippen molar-refractivity contribution < 1.29 is 4.79 Å². The van der Waals surface area contributed by atoms with E-state index in [0.29, 0.717) is 12.6 Å². The Labute approximate surface area is 176 Å². The summed E-state index contributed by atoms with van der Waals surface area (Å²) >= 11 is 0. The Kier molecular flexibility index (Phi) is 10.5. The third-order valence-corrected chi connectivity index (χ3v) is 5.70. The maximum atomic E-state index is 12.6. The largest absolute Gasteiger partial charge is 0.399 e. The number of likely N-dealkylation sites (N-methyl/N-ethyl adjacent to an activating group) is 1. The number of anilines is 1. The number of amides is 1. The van der Waals surface area contributed by atoms with Crippen LogP contribution in [0.4, 0.5) is 5.69 Å². The average molecular weight is 417 g/mol. The van der Waals surface area contributed by atoms with Gasteiger partial charge in [-0.15, -0.1) is 24.8 Å². The summed E-state index contributed by atoms with van der Waals surface area (Å²) in [5, 5.41) is 0. The number of nitrogen functional groups attached to an aromatic ring is 1. The van der Waals surface area contributed by atoms with Crippen molar-refractivity contribution in [2.75, 3.05) is 45.5 Å². The number of nitrogens with zero attached hydrogens (tertiary/aromatic N) is 3. The zero-order chi connectivity index (χ0) is 17.6. The highest BCUT2D eigenvalue weighted by molar-refractivity contribution is 5.85. The van der Waals surface area contributed by atoms with Crippen LogP contribution in [0.3, 0.4) is 0 Å². The van der Waals surface area contributed by atoms with E-state index >= 15 is 0 Å². The molecule has 1 aliphatic heterocycles. The molecule has 3 rings (SSSR count). The molecule has 27 heavy (non-hydrogen) atoms. The fourth-order valence-corrected chi connectivity index (χ4v) is 4.03. The average Bonchev–Trinajstić information content (AvgIpc) is 2.63. The standard InChI is InChI=1S/C20H32N4O.2ClH/c1-22(19-8-3-2-4-9-19)20(25)16-24-12-10-23(11-13-24)15-17-6-5-7-18(21)14-17;;/h5-7,14,19H,2-4,8-13,15-16,21H2,1H3;2*1H. The number of nitrogens with two attached hydrogens (primary N) is 1. The van der Waals surface area contributed by atoms with Crippen molar-refractivity contribution in [3.8, 4) is 0 Å². The molecule has 1 aromatic rings. The van der Waals surface area contributed by atoms with Crippen LogP contribution in [0.1, 0.15) is 37.7 Å². The zero-order valence-corrected chi connectivity index (χ0v) is 17.9. The van der Waals surface area contributed by atoms with Gasteiger partial charge in [-0.05, 0) is 30.5 Å². The summed E-state index contributed by atoms with van der Waals surface area (Å²) in [6, 6.07) is 8.59. The van der Waals surface area contributed by atoms with Crippen LogP contribution in [0.25, 0.3) is 0 Å². The molecule has 2 N–H and O–H groups in total. The number of hydrogen-bond donors (Lipinski definition) is 1. The predicted molar refractivity (Wildman–Crippen MR) is 117 cm³/mol. The monoisotopic (exact) mass is 416 g/mol. The molecule has 1 amide bonds. The van der Waals surface area contributed by atoms with Crippen LogP contribution in [0.2, 0.25) is 0 Å². The van der Waals surface area contributed by atoms with Crippen molar-refractivity contribution in [1.29, 1.82) is 0 Å². The first kappa shape index (κ1) is 24.0. The Balaban J connectivity index is 0.00000182. The molecule has 0 radical (unpaired) electrons. The first-order valence-corrected chi connectivity index (χ1v) is 9.66. The van der Waals surface area contributed by atoms with Crippen molar-refractivity contribution in [2.45, 2.75) is 44.7 Å². The summed E-state index contributed by atoms with van der Waals surface area (Å²) in [6.07, 6.45) is 6.22. The highest BCUT2D eigenvalue weighted by atomic mass is 35.5. The Morgan fingerprint density at radius 3 is 2.33 bits per heavy atom. The summed E-state index contributed by atoms with van der Waals surface area (Å²) in [5.74, 6) is 0.288. The Morgan fingerprint density at radius 2 is 1.70 bits per heavy atom. The van der Waals surface area contributed by atoms with Gasteiger partial charge in [0, 0.05) is 51.5 Å². The number of halogens is 2. The number of carbonyl (C=O) groups excluding carboxylic acids is 1. The third kappa shape index (κ3) is 7.15. The minimum absolute atomic E-state index is 0. The van der Waals surface area contributed by atoms with E-state index in [1.54, 1.807) is 0 Å². The molecule has 1 saturated heterocycles. The van der Waals surface area contributed by atoms with Gasteiger partial charge in [-0.2, -0.15) is 0 Å². The van der Waals surface area contributed by atoms with Gasteiger partial charge < -0.3 is 10.6 Å². The summed E-state index contributed by atoms with van der Waals surface area (Å²) in [6.45, 7) is 5.46. The second-order valence-corrected chi connectivity index (χ2v) is 7.59. The van der Waals surface area contributed by atoms with E-state index in [2.05, 4.69) is 21.9 Å². The van der Waals surface area contributed by atoms with E-state index in [0.717, 1.165) is 38.4 Å². The summed E-state index contributed by atoms with van der Waals surface area (Å²) in [5.41, 5.74) is 7.95. The lowest BCUT2D eigenvalue weighted by Crippen LogP contribution is -2.50. The van der Waals surface area contributed by atoms with Gasteiger partial charge >= 0.3 is 0 Å². The molecular weight excluding hydrogens is 383 g/mol. The Hall–Kier alpha value is -1.01. The van der Waals surface area contributed by atoms with Crippen molar-refractivity contribution in [1.82, 2.24) is 14.7 Å². The number of benzene rings is 1. The summed E-state index contributed by atoms with van der Waals surface area (Å²) in [7, 11) is 1.99. The van der Waals surface area contributed by atoms with E-state index < -0.39 is 0 Å². The van der Waals surface area contributed by atoms with Crippen LogP contribution < -0.4 is 5.73 Å². The van der Waals surface area contributed by atoms with Gasteiger partial charge in [0.1, 0.15) is 0 Å². The van der Waals surface area contributed by atoms with Gasteiger partial charge in [0.05, 0.1) is 6.54 Å². The Morgan fingerprint density at radius 1 is 1.07 bits per heavy atom. The van der Waals surface area contributed by atoms with Gasteiger partial charge in [0.15, 0.2) is 0 Å². The van der Waals surface area contributed by atoms with Crippen LogP contribution >= 0.6 is 24.8 Å². The molecule has 2 aliphatic rings. The van der Waals surface area contributed by atoms with E-state index in [1.165, 1.54) is 37.7 Å². The molecule has 7 heteroatoms. The summed E-state index contributed by atoms with van der Waals surface area (Å²) in [4.78, 5) is 19.3. The first-order valence-electron chi connectivity index (χ1n) is 9.66. The van der Waals surface area contributed by atoms with Crippen LogP contribution in [0.5, 0.6) is 0 Å². The molecule has 154 valence electrons. The van der Waals surface area contributed by atoms with E-state index in [4.69, 9.17) is 5.73 Å². The van der Waals surface area contributed by atoms with E-state index in [9.17, 15) is 4.79 Å². The fourth-order valence-electron chi connectivity index (χ4n) is 4.03. The molecule has 1 aromatic carbocycles. The quantitative estimate of drug-likeness (QED) is 0.749. The maximum Gasteiger partial charge on any atom is 0.236 e. The molecule has 0 atom stereocenters. The van der Waals surface area contributed by atoms with Gasteiger partial charge in [-0.1, -0.05) is 31.4 Å². The number of carbonyl (C=O) groups is 1. The minimum atomic E-state index is 0. The second-order valence-electron chi connectivity index (χ2n) is 7.59. The molecular formula is C20H34Cl2N4O. The minimum Gasteiger partial charge on any atom is -0.399 e. The number of rotatable bonds is 5. The number of piperazine rings is 1. The zero-order valence-electron chi connectivity index (χ0n) is 16.3. The smallest absolute Gasteiger partial charge is 0.236 e. The molecule has 0 aromatic heterocycles. The fraction of sp³-hybridized carbons (Fsp3) is 0.650.